The van der Waals surface area contributed by atoms with Gasteiger partial charge in [-0.1, -0.05) is 61.0 Å². The van der Waals surface area contributed by atoms with Gasteiger partial charge in [0, 0.05) is 11.1 Å². The molecule has 1 unspecified atom stereocenters. The Morgan fingerprint density at radius 3 is 2.50 bits per heavy atom. The first kappa shape index (κ1) is 15.1. The predicted octanol–water partition coefficient (Wildman–Crippen LogP) is 4.93. The molecular formula is C18H22ClN. The van der Waals surface area contributed by atoms with Gasteiger partial charge in [0.05, 0.1) is 0 Å². The molecular weight excluding hydrogens is 266 g/mol. The number of hydrogen-bond donors (Lipinski definition) is 1. The predicted molar refractivity (Wildman–Crippen MR) is 87.4 cm³/mol. The molecule has 0 bridgehead atoms. The second kappa shape index (κ2) is 7.47. The Bertz CT molecular complexity index is 536. The molecule has 0 aliphatic carbocycles. The molecule has 1 nitrogen and oxygen atoms in total. The lowest BCUT2D eigenvalue weighted by molar-refractivity contribution is 0.515. The van der Waals surface area contributed by atoms with Crippen molar-refractivity contribution >= 4 is 11.6 Å². The number of nitrogens with one attached hydrogen (secondary N) is 1. The van der Waals surface area contributed by atoms with Crippen molar-refractivity contribution in [1.82, 2.24) is 5.32 Å². The van der Waals surface area contributed by atoms with Gasteiger partial charge in [0.25, 0.3) is 0 Å². The van der Waals surface area contributed by atoms with Crippen molar-refractivity contribution < 1.29 is 0 Å². The minimum Gasteiger partial charge on any atom is -0.310 e. The molecule has 0 aliphatic rings. The second-order valence-corrected chi connectivity index (χ2v) is 5.55. The van der Waals surface area contributed by atoms with Crippen molar-refractivity contribution in [1.29, 1.82) is 0 Å². The molecule has 20 heavy (non-hydrogen) atoms. The molecule has 0 saturated carbocycles. The van der Waals surface area contributed by atoms with Gasteiger partial charge >= 0.3 is 0 Å². The molecule has 1 atom stereocenters. The molecule has 0 amide bonds. The fourth-order valence-electron chi connectivity index (χ4n) is 2.41. The van der Waals surface area contributed by atoms with E-state index in [-0.39, 0.29) is 0 Å². The van der Waals surface area contributed by atoms with Crippen LogP contribution in [-0.4, -0.2) is 6.54 Å². The summed E-state index contributed by atoms with van der Waals surface area (Å²) in [6.07, 6.45) is 2.15. The quantitative estimate of drug-likeness (QED) is 0.794. The fourth-order valence-corrected chi connectivity index (χ4v) is 2.60. The molecule has 2 aromatic carbocycles. The lowest BCUT2D eigenvalue weighted by Gasteiger charge is -2.19. The highest BCUT2D eigenvalue weighted by Crippen LogP contribution is 2.24. The van der Waals surface area contributed by atoms with E-state index in [0.717, 1.165) is 30.0 Å². The number of halogens is 1. The molecule has 0 saturated heterocycles. The van der Waals surface area contributed by atoms with Gasteiger partial charge < -0.3 is 5.32 Å². The largest absolute Gasteiger partial charge is 0.310 e. The smallest absolute Gasteiger partial charge is 0.0438 e. The van der Waals surface area contributed by atoms with Crippen LogP contribution >= 0.6 is 11.6 Å². The Kier molecular flexibility index (Phi) is 5.63. The van der Waals surface area contributed by atoms with Crippen molar-refractivity contribution in [2.75, 3.05) is 6.54 Å². The number of rotatable bonds is 6. The Morgan fingerprint density at radius 1 is 1.10 bits per heavy atom. The summed E-state index contributed by atoms with van der Waals surface area (Å²) in [6, 6.07) is 17.4. The Balaban J connectivity index is 2.08. The zero-order valence-corrected chi connectivity index (χ0v) is 13.0. The van der Waals surface area contributed by atoms with Crippen LogP contribution in [0.15, 0.2) is 48.5 Å². The number of hydrogen-bond acceptors (Lipinski definition) is 1. The third kappa shape index (κ3) is 4.09. The fraction of sp³-hybridized carbons (Fsp3) is 0.333. The van der Waals surface area contributed by atoms with Crippen molar-refractivity contribution in [2.24, 2.45) is 0 Å². The molecule has 0 fully saturated rings. The third-order valence-corrected chi connectivity index (χ3v) is 4.02. The molecule has 106 valence electrons. The van der Waals surface area contributed by atoms with Crippen LogP contribution in [0.3, 0.4) is 0 Å². The Labute approximate surface area is 127 Å². The summed E-state index contributed by atoms with van der Waals surface area (Å²) in [6.45, 7) is 5.15. The van der Waals surface area contributed by atoms with E-state index in [1.54, 1.807) is 0 Å². The van der Waals surface area contributed by atoms with Crippen molar-refractivity contribution in [2.45, 2.75) is 32.7 Å². The second-order valence-electron chi connectivity index (χ2n) is 5.14. The maximum Gasteiger partial charge on any atom is 0.0438 e. The van der Waals surface area contributed by atoms with Crippen LogP contribution in [0, 0.1) is 6.92 Å². The summed E-state index contributed by atoms with van der Waals surface area (Å²) in [5.41, 5.74) is 3.79. The zero-order chi connectivity index (χ0) is 14.4. The Morgan fingerprint density at radius 2 is 1.85 bits per heavy atom. The van der Waals surface area contributed by atoms with Crippen molar-refractivity contribution in [3.8, 4) is 0 Å². The van der Waals surface area contributed by atoms with E-state index in [1.165, 1.54) is 11.1 Å². The molecule has 2 aromatic rings. The van der Waals surface area contributed by atoms with Crippen LogP contribution in [0.25, 0.3) is 0 Å². The van der Waals surface area contributed by atoms with Gasteiger partial charge in [-0.3, -0.25) is 0 Å². The van der Waals surface area contributed by atoms with Crippen molar-refractivity contribution in [3.05, 3.63) is 70.2 Å². The van der Waals surface area contributed by atoms with Crippen LogP contribution in [-0.2, 0) is 6.42 Å². The van der Waals surface area contributed by atoms with Crippen LogP contribution in [0.1, 0.15) is 36.1 Å². The standard InChI is InChI=1S/C18H22ClN/c1-3-20-18(12-10-15-7-5-4-6-8-15)16-11-9-14(2)17(19)13-16/h4-9,11,13,18,20H,3,10,12H2,1-2H3. The van der Waals surface area contributed by atoms with E-state index >= 15 is 0 Å². The summed E-state index contributed by atoms with van der Waals surface area (Å²) < 4.78 is 0. The molecule has 2 rings (SSSR count). The third-order valence-electron chi connectivity index (χ3n) is 3.61. The van der Waals surface area contributed by atoms with Crippen LogP contribution in [0.4, 0.5) is 0 Å². The summed E-state index contributed by atoms with van der Waals surface area (Å²) >= 11 is 6.25. The molecule has 2 heteroatoms. The molecule has 0 heterocycles. The van der Waals surface area contributed by atoms with Gasteiger partial charge in [0.15, 0.2) is 0 Å². The maximum absolute atomic E-state index is 6.25. The highest BCUT2D eigenvalue weighted by atomic mass is 35.5. The van der Waals surface area contributed by atoms with E-state index in [4.69, 9.17) is 11.6 Å². The number of aryl methyl sites for hydroxylation is 2. The average molecular weight is 288 g/mol. The minimum atomic E-state index is 0.360. The molecule has 0 radical (unpaired) electrons. The summed E-state index contributed by atoms with van der Waals surface area (Å²) in [5, 5.41) is 4.41. The van der Waals surface area contributed by atoms with Crippen LogP contribution < -0.4 is 5.32 Å². The monoisotopic (exact) mass is 287 g/mol. The first-order valence-electron chi connectivity index (χ1n) is 7.24. The lowest BCUT2D eigenvalue weighted by atomic mass is 9.98. The first-order chi connectivity index (χ1) is 9.70. The molecule has 0 spiro atoms. The minimum absolute atomic E-state index is 0.360. The highest BCUT2D eigenvalue weighted by molar-refractivity contribution is 6.31. The average Bonchev–Trinajstić information content (AvgIpc) is 2.47. The maximum atomic E-state index is 6.25. The first-order valence-corrected chi connectivity index (χ1v) is 7.62. The van der Waals surface area contributed by atoms with E-state index in [0.29, 0.717) is 6.04 Å². The highest BCUT2D eigenvalue weighted by Gasteiger charge is 2.11. The van der Waals surface area contributed by atoms with E-state index in [2.05, 4.69) is 60.8 Å². The summed E-state index contributed by atoms with van der Waals surface area (Å²) in [4.78, 5) is 0. The van der Waals surface area contributed by atoms with Gasteiger partial charge in [-0.15, -0.1) is 0 Å². The topological polar surface area (TPSA) is 12.0 Å². The number of benzene rings is 2. The van der Waals surface area contributed by atoms with Gasteiger partial charge in [-0.25, -0.2) is 0 Å². The molecule has 0 aromatic heterocycles. The zero-order valence-electron chi connectivity index (χ0n) is 12.2. The molecule has 1 N–H and O–H groups in total. The lowest BCUT2D eigenvalue weighted by Crippen LogP contribution is -2.21. The van der Waals surface area contributed by atoms with Gasteiger partial charge in [0.1, 0.15) is 0 Å². The normalized spacial score (nSPS) is 12.3. The molecule has 0 aliphatic heterocycles. The van der Waals surface area contributed by atoms with Crippen molar-refractivity contribution in [3.63, 3.8) is 0 Å². The van der Waals surface area contributed by atoms with E-state index < -0.39 is 0 Å². The van der Waals surface area contributed by atoms with Gasteiger partial charge in [-0.2, -0.15) is 0 Å². The van der Waals surface area contributed by atoms with Gasteiger partial charge in [0.2, 0.25) is 0 Å². The van der Waals surface area contributed by atoms with E-state index in [9.17, 15) is 0 Å². The SMILES string of the molecule is CCNC(CCc1ccccc1)c1ccc(C)c(Cl)c1. The van der Waals surface area contributed by atoms with Gasteiger partial charge in [-0.05, 0) is 49.1 Å². The van der Waals surface area contributed by atoms with E-state index in [1.807, 2.05) is 6.92 Å². The Hall–Kier alpha value is -1.31. The van der Waals surface area contributed by atoms with Crippen LogP contribution in [0.2, 0.25) is 5.02 Å². The summed E-state index contributed by atoms with van der Waals surface area (Å²) in [5.74, 6) is 0. The summed E-state index contributed by atoms with van der Waals surface area (Å²) in [7, 11) is 0. The van der Waals surface area contributed by atoms with Crippen LogP contribution in [0.5, 0.6) is 0 Å².